The van der Waals surface area contributed by atoms with Gasteiger partial charge in [0.2, 0.25) is 5.91 Å². The number of aromatic nitrogens is 2. The fourth-order valence-electron chi connectivity index (χ4n) is 4.09. The average Bonchev–Trinajstić information content (AvgIpc) is 3.34. The van der Waals surface area contributed by atoms with Crippen molar-refractivity contribution in [2.75, 3.05) is 24.3 Å². The molecule has 1 atom stereocenters. The number of carbonyl (C=O) groups is 1. The van der Waals surface area contributed by atoms with Crippen molar-refractivity contribution < 1.29 is 13.2 Å². The van der Waals surface area contributed by atoms with Crippen molar-refractivity contribution in [3.63, 3.8) is 0 Å². The molecule has 1 amide bonds. The van der Waals surface area contributed by atoms with E-state index in [0.29, 0.717) is 6.42 Å². The smallest absolute Gasteiger partial charge is 0.233 e. The van der Waals surface area contributed by atoms with Crippen LogP contribution in [0.1, 0.15) is 17.5 Å². The van der Waals surface area contributed by atoms with Gasteiger partial charge < -0.3 is 4.90 Å². The third-order valence-electron chi connectivity index (χ3n) is 5.74. The first-order chi connectivity index (χ1) is 15.2. The minimum atomic E-state index is -3.04. The molecule has 0 aliphatic carbocycles. The third-order valence-corrected chi connectivity index (χ3v) is 8.43. The van der Waals surface area contributed by atoms with Crippen LogP contribution in [0.4, 0.5) is 0 Å². The molecule has 1 fully saturated rings. The summed E-state index contributed by atoms with van der Waals surface area (Å²) in [6, 6.07) is 16.2. The van der Waals surface area contributed by atoms with Crippen LogP contribution in [-0.2, 0) is 14.6 Å². The second-order valence-electron chi connectivity index (χ2n) is 8.32. The lowest BCUT2D eigenvalue weighted by atomic mass is 10.1. The van der Waals surface area contributed by atoms with E-state index in [1.54, 1.807) is 11.9 Å². The van der Waals surface area contributed by atoms with Crippen molar-refractivity contribution in [1.29, 1.82) is 0 Å². The number of sulfone groups is 1. The van der Waals surface area contributed by atoms with E-state index in [2.05, 4.69) is 41.6 Å². The van der Waals surface area contributed by atoms with Gasteiger partial charge in [0.15, 0.2) is 15.0 Å². The zero-order chi connectivity index (χ0) is 22.9. The van der Waals surface area contributed by atoms with E-state index in [1.807, 2.05) is 36.5 Å². The van der Waals surface area contributed by atoms with Gasteiger partial charge in [-0.05, 0) is 43.5 Å². The molecule has 0 N–H and O–H groups in total. The van der Waals surface area contributed by atoms with Gasteiger partial charge in [-0.2, -0.15) is 0 Å². The van der Waals surface area contributed by atoms with Gasteiger partial charge >= 0.3 is 0 Å². The maximum Gasteiger partial charge on any atom is 0.233 e. The van der Waals surface area contributed by atoms with Crippen molar-refractivity contribution in [1.82, 2.24) is 14.5 Å². The highest BCUT2D eigenvalue weighted by Crippen LogP contribution is 2.31. The van der Waals surface area contributed by atoms with E-state index in [0.717, 1.165) is 33.2 Å². The van der Waals surface area contributed by atoms with Crippen LogP contribution in [0.3, 0.4) is 0 Å². The number of hydrogen-bond acceptors (Lipinski definition) is 5. The van der Waals surface area contributed by atoms with Crippen molar-refractivity contribution in [2.45, 2.75) is 31.5 Å². The molecule has 3 aromatic rings. The normalized spacial score (nSPS) is 17.4. The largest absolute Gasteiger partial charge is 0.341 e. The van der Waals surface area contributed by atoms with E-state index in [-0.39, 0.29) is 29.2 Å². The summed E-state index contributed by atoms with van der Waals surface area (Å²) in [4.78, 5) is 19.0. The lowest BCUT2D eigenvalue weighted by molar-refractivity contribution is -0.128. The molecular weight excluding hydrogens is 442 g/mol. The molecule has 1 aromatic heterocycles. The molecule has 8 heteroatoms. The van der Waals surface area contributed by atoms with Crippen LogP contribution in [0, 0.1) is 13.8 Å². The molecule has 0 bridgehead atoms. The van der Waals surface area contributed by atoms with Gasteiger partial charge in [-0.3, -0.25) is 9.36 Å². The summed E-state index contributed by atoms with van der Waals surface area (Å²) >= 11 is 1.38. The van der Waals surface area contributed by atoms with E-state index < -0.39 is 9.84 Å². The number of carbonyl (C=O) groups excluding carboxylic acids is 1. The van der Waals surface area contributed by atoms with E-state index in [4.69, 9.17) is 0 Å². The molecule has 1 saturated heterocycles. The highest BCUT2D eigenvalue weighted by atomic mass is 32.2. The Morgan fingerprint density at radius 3 is 2.47 bits per heavy atom. The van der Waals surface area contributed by atoms with Crippen LogP contribution in [0.2, 0.25) is 0 Å². The third kappa shape index (κ3) is 4.91. The maximum atomic E-state index is 12.8. The summed E-state index contributed by atoms with van der Waals surface area (Å²) in [5, 5.41) is 0.731. The summed E-state index contributed by atoms with van der Waals surface area (Å²) in [6.07, 6.45) is 2.34. The van der Waals surface area contributed by atoms with Crippen molar-refractivity contribution in [3.8, 4) is 16.9 Å². The number of amides is 1. The highest BCUT2D eigenvalue weighted by Gasteiger charge is 2.32. The summed E-state index contributed by atoms with van der Waals surface area (Å²) < 4.78 is 25.7. The number of benzene rings is 2. The lowest BCUT2D eigenvalue weighted by Crippen LogP contribution is -2.38. The molecule has 168 valence electrons. The molecule has 1 aliphatic rings. The van der Waals surface area contributed by atoms with Gasteiger partial charge in [0.25, 0.3) is 0 Å². The Bertz CT molecular complexity index is 1220. The summed E-state index contributed by atoms with van der Waals surface area (Å²) in [5.41, 5.74) is 5.32. The number of hydrogen-bond donors (Lipinski definition) is 0. The zero-order valence-corrected chi connectivity index (χ0v) is 20.1. The Morgan fingerprint density at radius 2 is 1.84 bits per heavy atom. The van der Waals surface area contributed by atoms with Crippen LogP contribution in [0.15, 0.2) is 59.9 Å². The van der Waals surface area contributed by atoms with Crippen LogP contribution >= 0.6 is 11.8 Å². The number of nitrogens with zero attached hydrogens (tertiary/aromatic N) is 3. The predicted octanol–water partition coefficient (Wildman–Crippen LogP) is 3.89. The van der Waals surface area contributed by atoms with Gasteiger partial charge in [-0.25, -0.2) is 13.4 Å². The van der Waals surface area contributed by atoms with Crippen LogP contribution in [-0.4, -0.2) is 59.1 Å². The van der Waals surface area contributed by atoms with Crippen LogP contribution in [0.25, 0.3) is 16.9 Å². The molecule has 0 spiro atoms. The quantitative estimate of drug-likeness (QED) is 0.512. The minimum Gasteiger partial charge on any atom is -0.341 e. The summed E-state index contributed by atoms with van der Waals surface area (Å²) in [5.74, 6) is 0.312. The van der Waals surface area contributed by atoms with Crippen molar-refractivity contribution in [2.24, 2.45) is 0 Å². The van der Waals surface area contributed by atoms with E-state index in [1.165, 1.54) is 11.8 Å². The maximum absolute atomic E-state index is 12.8. The molecule has 0 radical (unpaired) electrons. The summed E-state index contributed by atoms with van der Waals surface area (Å²) in [7, 11) is -1.34. The number of thioether (sulfide) groups is 1. The zero-order valence-electron chi connectivity index (χ0n) is 18.5. The Kier molecular flexibility index (Phi) is 6.44. The number of rotatable bonds is 6. The standard InChI is InChI=1S/C24H27N3O3S2/c1-17-11-18(2)13-21(12-17)27-22(19-7-5-4-6-8-19)14-25-24(27)31-15-23(28)26(3)20-9-10-32(29,30)16-20/h4-8,11-14,20H,9-10,15-16H2,1-3H3. The molecule has 2 aromatic carbocycles. The minimum absolute atomic E-state index is 0.0509. The molecule has 4 rings (SSSR count). The second-order valence-corrected chi connectivity index (χ2v) is 11.5. The van der Waals surface area contributed by atoms with Crippen LogP contribution < -0.4 is 0 Å². The van der Waals surface area contributed by atoms with Gasteiger partial charge in [0.05, 0.1) is 29.1 Å². The topological polar surface area (TPSA) is 72.3 Å². The Balaban J connectivity index is 1.61. The second kappa shape index (κ2) is 9.11. The Labute approximate surface area is 193 Å². The Hall–Kier alpha value is -2.58. The number of aryl methyl sites for hydroxylation is 2. The first kappa shape index (κ1) is 22.6. The van der Waals surface area contributed by atoms with Gasteiger partial charge in [-0.1, -0.05) is 48.2 Å². The first-order valence-corrected chi connectivity index (χ1v) is 13.3. The first-order valence-electron chi connectivity index (χ1n) is 10.5. The number of imidazole rings is 1. The Morgan fingerprint density at radius 1 is 1.16 bits per heavy atom. The molecule has 32 heavy (non-hydrogen) atoms. The molecule has 0 saturated carbocycles. The molecule has 1 unspecified atom stereocenters. The molecule has 2 heterocycles. The van der Waals surface area contributed by atoms with E-state index >= 15 is 0 Å². The molecule has 1 aliphatic heterocycles. The predicted molar refractivity (Wildman–Crippen MR) is 129 cm³/mol. The van der Waals surface area contributed by atoms with Crippen molar-refractivity contribution in [3.05, 3.63) is 65.9 Å². The average molecular weight is 470 g/mol. The van der Waals surface area contributed by atoms with E-state index in [9.17, 15) is 13.2 Å². The fourth-order valence-corrected chi connectivity index (χ4v) is 6.78. The van der Waals surface area contributed by atoms with Gasteiger partial charge in [-0.15, -0.1) is 0 Å². The lowest BCUT2D eigenvalue weighted by Gasteiger charge is -2.23. The highest BCUT2D eigenvalue weighted by molar-refractivity contribution is 7.99. The monoisotopic (exact) mass is 469 g/mol. The SMILES string of the molecule is Cc1cc(C)cc(-n2c(-c3ccccc3)cnc2SCC(=O)N(C)C2CCS(=O)(=O)C2)c1. The molecule has 6 nitrogen and oxygen atoms in total. The summed E-state index contributed by atoms with van der Waals surface area (Å²) in [6.45, 7) is 4.13. The molecular formula is C24H27N3O3S2. The van der Waals surface area contributed by atoms with Gasteiger partial charge in [0.1, 0.15) is 0 Å². The van der Waals surface area contributed by atoms with Crippen LogP contribution in [0.5, 0.6) is 0 Å². The van der Waals surface area contributed by atoms with Crippen molar-refractivity contribution >= 4 is 27.5 Å². The fraction of sp³-hybridized carbons (Fsp3) is 0.333. The van der Waals surface area contributed by atoms with Gasteiger partial charge in [0, 0.05) is 24.3 Å².